The van der Waals surface area contributed by atoms with Crippen molar-refractivity contribution in [2.45, 2.75) is 6.42 Å². The monoisotopic (exact) mass is 438 g/mol. The van der Waals surface area contributed by atoms with Gasteiger partial charge in [0, 0.05) is 26.2 Å². The number of aromatic nitrogens is 2. The molecule has 0 atom stereocenters. The van der Waals surface area contributed by atoms with Crippen molar-refractivity contribution in [2.75, 3.05) is 44.3 Å². The Hall–Kier alpha value is -2.39. The molecule has 1 fully saturated rings. The summed E-state index contributed by atoms with van der Waals surface area (Å²) in [4.78, 5) is 27.0. The van der Waals surface area contributed by atoms with E-state index in [2.05, 4.69) is 9.88 Å². The lowest BCUT2D eigenvalue weighted by Gasteiger charge is -2.27. The number of nitrogens with zero attached hydrogens (tertiary/aromatic N) is 4. The largest absolute Gasteiger partial charge is 0.379 e. The van der Waals surface area contributed by atoms with Gasteiger partial charge in [-0.05, 0) is 30.7 Å². The molecule has 2 aromatic heterocycles. The molecular weight excluding hydrogens is 416 g/mol. The van der Waals surface area contributed by atoms with Crippen LogP contribution >= 0.6 is 22.7 Å². The van der Waals surface area contributed by atoms with Crippen molar-refractivity contribution in [3.8, 4) is 0 Å². The van der Waals surface area contributed by atoms with Gasteiger partial charge in [-0.3, -0.25) is 14.6 Å². The fraction of sp³-hybridized carbons (Fsp3) is 0.318. The highest BCUT2D eigenvalue weighted by Gasteiger charge is 2.24. The molecule has 5 rings (SSSR count). The normalized spacial score (nSPS) is 15.1. The van der Waals surface area contributed by atoms with Crippen molar-refractivity contribution in [2.24, 2.45) is 0 Å². The zero-order valence-electron chi connectivity index (χ0n) is 16.5. The highest BCUT2D eigenvalue weighted by molar-refractivity contribution is 7.22. The summed E-state index contributed by atoms with van der Waals surface area (Å²) in [6, 6.07) is 15.9. The molecule has 1 aliphatic heterocycles. The van der Waals surface area contributed by atoms with Crippen LogP contribution in [0.4, 0.5) is 5.13 Å². The molecule has 0 unspecified atom stereocenters. The summed E-state index contributed by atoms with van der Waals surface area (Å²) in [6.45, 7) is 5.03. The number of hydrogen-bond donors (Lipinski definition) is 0. The number of carbonyl (C=O) groups is 1. The molecule has 0 bridgehead atoms. The van der Waals surface area contributed by atoms with E-state index >= 15 is 0 Å². The molecule has 30 heavy (non-hydrogen) atoms. The molecule has 1 amide bonds. The van der Waals surface area contributed by atoms with Gasteiger partial charge in [-0.15, -0.1) is 11.3 Å². The standard InChI is InChI=1S/C22H22N4O2S2/c27-21(20-23-16-6-1-3-8-18(16)29-20)26(11-5-10-25-12-14-28-15-13-25)22-24-17-7-2-4-9-19(17)30-22/h1-4,6-9H,5,10-15H2. The SMILES string of the molecule is O=C(c1nc2ccccc2s1)N(CCCN1CCOCC1)c1nc2ccccc2s1. The number of hydrogen-bond acceptors (Lipinski definition) is 7. The van der Waals surface area contributed by atoms with E-state index < -0.39 is 0 Å². The molecule has 4 aromatic rings. The number of amides is 1. The van der Waals surface area contributed by atoms with Crippen molar-refractivity contribution >= 4 is 54.1 Å². The third-order valence-electron chi connectivity index (χ3n) is 5.20. The molecular formula is C22H22N4O2S2. The van der Waals surface area contributed by atoms with E-state index in [-0.39, 0.29) is 5.91 Å². The molecule has 0 spiro atoms. The molecule has 6 nitrogen and oxygen atoms in total. The number of ether oxygens (including phenoxy) is 1. The molecule has 1 saturated heterocycles. The van der Waals surface area contributed by atoms with Gasteiger partial charge >= 0.3 is 0 Å². The predicted octanol–water partition coefficient (Wildman–Crippen LogP) is 4.28. The van der Waals surface area contributed by atoms with Crippen molar-refractivity contribution in [3.05, 3.63) is 53.5 Å². The van der Waals surface area contributed by atoms with E-state index in [0.29, 0.717) is 11.6 Å². The smallest absolute Gasteiger partial charge is 0.289 e. The number of thiazole rings is 2. The first-order chi connectivity index (χ1) is 14.8. The average molecular weight is 439 g/mol. The highest BCUT2D eigenvalue weighted by Crippen LogP contribution is 2.31. The van der Waals surface area contributed by atoms with Gasteiger partial charge < -0.3 is 4.74 Å². The Labute approximate surface area is 182 Å². The Morgan fingerprint density at radius 2 is 1.63 bits per heavy atom. The number of benzene rings is 2. The summed E-state index contributed by atoms with van der Waals surface area (Å²) in [5, 5.41) is 1.25. The Balaban J connectivity index is 1.41. The molecule has 154 valence electrons. The van der Waals surface area contributed by atoms with Gasteiger partial charge in [-0.25, -0.2) is 9.97 Å². The zero-order valence-corrected chi connectivity index (χ0v) is 18.1. The van der Waals surface area contributed by atoms with Gasteiger partial charge in [0.15, 0.2) is 10.1 Å². The third kappa shape index (κ3) is 4.09. The lowest BCUT2D eigenvalue weighted by molar-refractivity contribution is 0.0376. The van der Waals surface area contributed by atoms with E-state index in [1.54, 1.807) is 11.3 Å². The first-order valence-corrected chi connectivity index (χ1v) is 11.7. The van der Waals surface area contributed by atoms with Gasteiger partial charge in [0.25, 0.3) is 5.91 Å². The van der Waals surface area contributed by atoms with Crippen molar-refractivity contribution in [1.29, 1.82) is 0 Å². The summed E-state index contributed by atoms with van der Waals surface area (Å²) >= 11 is 3.00. The van der Waals surface area contributed by atoms with Crippen molar-refractivity contribution < 1.29 is 9.53 Å². The van der Waals surface area contributed by atoms with Crippen molar-refractivity contribution in [1.82, 2.24) is 14.9 Å². The van der Waals surface area contributed by atoms with Crippen LogP contribution in [0.25, 0.3) is 20.4 Å². The van der Waals surface area contributed by atoms with Crippen LogP contribution in [-0.2, 0) is 4.74 Å². The maximum absolute atomic E-state index is 13.5. The van der Waals surface area contributed by atoms with Gasteiger partial charge in [0.1, 0.15) is 0 Å². The number of fused-ring (bicyclic) bond motifs is 2. The third-order valence-corrected chi connectivity index (χ3v) is 7.28. The first-order valence-electron chi connectivity index (χ1n) is 10.1. The van der Waals surface area contributed by atoms with Crippen LogP contribution in [-0.4, -0.2) is 60.2 Å². The topological polar surface area (TPSA) is 58.6 Å². The first kappa shape index (κ1) is 19.6. The van der Waals surface area contributed by atoms with Gasteiger partial charge in [0.05, 0.1) is 33.6 Å². The van der Waals surface area contributed by atoms with Crippen LogP contribution < -0.4 is 4.90 Å². The lowest BCUT2D eigenvalue weighted by Crippen LogP contribution is -2.39. The molecule has 0 aliphatic carbocycles. The quantitative estimate of drug-likeness (QED) is 0.450. The molecule has 3 heterocycles. The summed E-state index contributed by atoms with van der Waals surface area (Å²) in [6.07, 6.45) is 0.882. The second-order valence-corrected chi connectivity index (χ2v) is 9.26. The Morgan fingerprint density at radius 3 is 2.33 bits per heavy atom. The fourth-order valence-electron chi connectivity index (χ4n) is 3.62. The summed E-state index contributed by atoms with van der Waals surface area (Å²) < 4.78 is 7.55. The van der Waals surface area contributed by atoms with Crippen molar-refractivity contribution in [3.63, 3.8) is 0 Å². The highest BCUT2D eigenvalue weighted by atomic mass is 32.1. The van der Waals surface area contributed by atoms with Crippen LogP contribution in [0.5, 0.6) is 0 Å². The molecule has 0 saturated carbocycles. The van der Waals surface area contributed by atoms with Crippen LogP contribution in [0.3, 0.4) is 0 Å². The van der Waals surface area contributed by atoms with Gasteiger partial charge in [0.2, 0.25) is 0 Å². The number of anilines is 1. The van der Waals surface area contributed by atoms with E-state index in [1.807, 2.05) is 53.4 Å². The molecule has 0 radical (unpaired) electrons. The van der Waals surface area contributed by atoms with E-state index in [9.17, 15) is 4.79 Å². The summed E-state index contributed by atoms with van der Waals surface area (Å²) in [5.74, 6) is -0.0720. The maximum Gasteiger partial charge on any atom is 0.289 e. The second kappa shape index (κ2) is 8.77. The van der Waals surface area contributed by atoms with Crippen LogP contribution in [0, 0.1) is 0 Å². The Morgan fingerprint density at radius 1 is 0.967 bits per heavy atom. The minimum atomic E-state index is -0.0720. The van der Waals surface area contributed by atoms with E-state index in [1.165, 1.54) is 11.3 Å². The van der Waals surface area contributed by atoms with E-state index in [4.69, 9.17) is 9.72 Å². The number of rotatable bonds is 6. The Bertz CT molecular complexity index is 1100. The zero-order chi connectivity index (χ0) is 20.3. The number of para-hydroxylation sites is 2. The lowest BCUT2D eigenvalue weighted by atomic mass is 10.3. The second-order valence-electron chi connectivity index (χ2n) is 7.22. The minimum absolute atomic E-state index is 0.0720. The predicted molar refractivity (Wildman–Crippen MR) is 123 cm³/mol. The molecule has 0 N–H and O–H groups in total. The molecule has 1 aliphatic rings. The molecule has 8 heteroatoms. The Kier molecular flexibility index (Phi) is 5.72. The summed E-state index contributed by atoms with van der Waals surface area (Å²) in [5.41, 5.74) is 1.79. The summed E-state index contributed by atoms with van der Waals surface area (Å²) in [7, 11) is 0. The molecule has 2 aromatic carbocycles. The minimum Gasteiger partial charge on any atom is -0.379 e. The van der Waals surface area contributed by atoms with Gasteiger partial charge in [-0.1, -0.05) is 35.6 Å². The van der Waals surface area contributed by atoms with Crippen LogP contribution in [0.15, 0.2) is 48.5 Å². The number of morpholine rings is 1. The van der Waals surface area contributed by atoms with Crippen LogP contribution in [0.1, 0.15) is 16.2 Å². The van der Waals surface area contributed by atoms with Gasteiger partial charge in [-0.2, -0.15) is 0 Å². The van der Waals surface area contributed by atoms with E-state index in [0.717, 1.165) is 64.8 Å². The fourth-order valence-corrected chi connectivity index (χ4v) is 5.52. The number of carbonyl (C=O) groups excluding carboxylic acids is 1. The van der Waals surface area contributed by atoms with Crippen LogP contribution in [0.2, 0.25) is 0 Å². The average Bonchev–Trinajstić information content (AvgIpc) is 3.41. The maximum atomic E-state index is 13.5.